The number of nitrogens with zero attached hydrogens (tertiary/aromatic N) is 1. The molecule has 0 aliphatic carbocycles. The van der Waals surface area contributed by atoms with E-state index in [0.29, 0.717) is 35.3 Å². The van der Waals surface area contributed by atoms with Crippen molar-refractivity contribution in [2.75, 3.05) is 13.2 Å². The van der Waals surface area contributed by atoms with Gasteiger partial charge in [-0.15, -0.1) is 0 Å². The number of primary amides is 1. The summed E-state index contributed by atoms with van der Waals surface area (Å²) in [5.41, 5.74) is 7.57. The Bertz CT molecular complexity index is 478. The molecule has 0 aromatic heterocycles. The van der Waals surface area contributed by atoms with Crippen LogP contribution in [0.2, 0.25) is 5.02 Å². The van der Waals surface area contributed by atoms with Crippen molar-refractivity contribution < 1.29 is 14.3 Å². The molecule has 1 aromatic carbocycles. The summed E-state index contributed by atoms with van der Waals surface area (Å²) in [6.45, 7) is 4.74. The predicted molar refractivity (Wildman–Crippen MR) is 74.1 cm³/mol. The number of halogens is 1. The van der Waals surface area contributed by atoms with Crippen molar-refractivity contribution in [2.45, 2.75) is 13.8 Å². The molecule has 0 spiro atoms. The Morgan fingerprint density at radius 1 is 1.37 bits per heavy atom. The Morgan fingerprint density at radius 2 is 1.95 bits per heavy atom. The largest absolute Gasteiger partial charge is 0.490 e. The Kier molecular flexibility index (Phi) is 5.95. The molecule has 0 radical (unpaired) electrons. The van der Waals surface area contributed by atoms with Crippen molar-refractivity contribution >= 4 is 23.8 Å². The summed E-state index contributed by atoms with van der Waals surface area (Å²) in [4.78, 5) is 10.5. The zero-order chi connectivity index (χ0) is 14.3. The van der Waals surface area contributed by atoms with Gasteiger partial charge in [-0.25, -0.2) is 10.2 Å². The van der Waals surface area contributed by atoms with Crippen LogP contribution in [0.5, 0.6) is 11.5 Å². The maximum atomic E-state index is 10.5. The predicted octanol–water partition coefficient (Wildman–Crippen LogP) is 2.14. The molecule has 0 heterocycles. The van der Waals surface area contributed by atoms with Crippen LogP contribution in [0.3, 0.4) is 0 Å². The maximum Gasteiger partial charge on any atom is 0.332 e. The number of nitrogens with one attached hydrogen (secondary N) is 1. The highest BCUT2D eigenvalue weighted by atomic mass is 35.5. The van der Waals surface area contributed by atoms with Gasteiger partial charge in [0.15, 0.2) is 11.5 Å². The molecule has 1 aromatic rings. The van der Waals surface area contributed by atoms with Crippen LogP contribution in [0.25, 0.3) is 0 Å². The minimum Gasteiger partial charge on any atom is -0.490 e. The summed E-state index contributed by atoms with van der Waals surface area (Å²) >= 11 is 6.08. The van der Waals surface area contributed by atoms with E-state index in [-0.39, 0.29) is 0 Å². The van der Waals surface area contributed by atoms with E-state index in [2.05, 4.69) is 10.5 Å². The second-order valence-corrected chi connectivity index (χ2v) is 3.83. The second-order valence-electron chi connectivity index (χ2n) is 3.42. The Hall–Kier alpha value is -1.95. The number of hydrazone groups is 1. The average molecular weight is 286 g/mol. The van der Waals surface area contributed by atoms with Crippen LogP contribution >= 0.6 is 11.6 Å². The number of urea groups is 1. The lowest BCUT2D eigenvalue weighted by atomic mass is 10.2. The number of carbonyl (C=O) groups excluding carboxylic acids is 1. The van der Waals surface area contributed by atoms with Gasteiger partial charge in [-0.2, -0.15) is 5.10 Å². The number of ether oxygens (including phenoxy) is 2. The molecule has 6 nitrogen and oxygen atoms in total. The number of rotatable bonds is 6. The van der Waals surface area contributed by atoms with Crippen LogP contribution in [-0.4, -0.2) is 25.5 Å². The molecule has 2 amide bonds. The SMILES string of the molecule is CCOc1cc(Cl)c(C=NNC(N)=O)cc1OCC. The third-order valence-electron chi connectivity index (χ3n) is 2.04. The van der Waals surface area contributed by atoms with E-state index in [4.69, 9.17) is 26.8 Å². The van der Waals surface area contributed by atoms with Gasteiger partial charge in [0.25, 0.3) is 0 Å². The molecule has 7 heteroatoms. The van der Waals surface area contributed by atoms with Crippen molar-refractivity contribution in [2.24, 2.45) is 10.8 Å². The molecule has 0 aliphatic rings. The zero-order valence-electron chi connectivity index (χ0n) is 10.8. The first-order chi connectivity index (χ1) is 9.08. The Morgan fingerprint density at radius 3 is 2.47 bits per heavy atom. The van der Waals surface area contributed by atoms with Gasteiger partial charge in [-0.1, -0.05) is 11.6 Å². The number of amides is 2. The van der Waals surface area contributed by atoms with Gasteiger partial charge in [0, 0.05) is 11.6 Å². The van der Waals surface area contributed by atoms with Crippen molar-refractivity contribution in [3.05, 3.63) is 22.7 Å². The molecule has 0 unspecified atom stereocenters. The third-order valence-corrected chi connectivity index (χ3v) is 2.37. The molecular weight excluding hydrogens is 270 g/mol. The van der Waals surface area contributed by atoms with Crippen molar-refractivity contribution in [1.82, 2.24) is 5.43 Å². The molecule has 1 rings (SSSR count). The lowest BCUT2D eigenvalue weighted by Crippen LogP contribution is -2.24. The first-order valence-corrected chi connectivity index (χ1v) is 6.13. The van der Waals surface area contributed by atoms with Crippen molar-refractivity contribution in [1.29, 1.82) is 0 Å². The minimum absolute atomic E-state index is 0.432. The normalized spacial score (nSPS) is 10.5. The van der Waals surface area contributed by atoms with Gasteiger partial charge in [0.2, 0.25) is 0 Å². The number of nitrogens with two attached hydrogens (primary N) is 1. The number of hydrogen-bond donors (Lipinski definition) is 2. The summed E-state index contributed by atoms with van der Waals surface area (Å²) in [5, 5.41) is 4.08. The fraction of sp³-hybridized carbons (Fsp3) is 0.333. The van der Waals surface area contributed by atoms with Crippen LogP contribution in [0.15, 0.2) is 17.2 Å². The van der Waals surface area contributed by atoms with Crippen molar-refractivity contribution in [3.8, 4) is 11.5 Å². The van der Waals surface area contributed by atoms with Crippen molar-refractivity contribution in [3.63, 3.8) is 0 Å². The Balaban J connectivity index is 3.01. The van der Waals surface area contributed by atoms with Crippen LogP contribution in [0.4, 0.5) is 4.79 Å². The summed E-state index contributed by atoms with van der Waals surface area (Å²) in [5.74, 6) is 1.13. The zero-order valence-corrected chi connectivity index (χ0v) is 11.5. The van der Waals surface area contributed by atoms with E-state index < -0.39 is 6.03 Å². The number of carbonyl (C=O) groups is 1. The number of hydrogen-bond acceptors (Lipinski definition) is 4. The van der Waals surface area contributed by atoms with Crippen LogP contribution in [-0.2, 0) is 0 Å². The fourth-order valence-electron chi connectivity index (χ4n) is 1.35. The second kappa shape index (κ2) is 7.48. The number of benzene rings is 1. The molecule has 3 N–H and O–H groups in total. The molecule has 0 saturated carbocycles. The lowest BCUT2D eigenvalue weighted by Gasteiger charge is -2.12. The first kappa shape index (κ1) is 15.1. The van der Waals surface area contributed by atoms with Crippen LogP contribution < -0.4 is 20.6 Å². The lowest BCUT2D eigenvalue weighted by molar-refractivity contribution is 0.249. The molecule has 0 bridgehead atoms. The summed E-state index contributed by atoms with van der Waals surface area (Å²) in [6, 6.07) is 2.58. The van der Waals surface area contributed by atoms with E-state index in [1.165, 1.54) is 6.21 Å². The van der Waals surface area contributed by atoms with Crippen LogP contribution in [0.1, 0.15) is 19.4 Å². The summed E-state index contributed by atoms with van der Waals surface area (Å²) < 4.78 is 10.9. The molecule has 0 fully saturated rings. The van der Waals surface area contributed by atoms with Gasteiger partial charge >= 0.3 is 6.03 Å². The molecule has 104 valence electrons. The Labute approximate surface area is 116 Å². The quantitative estimate of drug-likeness (QED) is 0.620. The molecule has 0 saturated heterocycles. The molecule has 0 aliphatic heterocycles. The maximum absolute atomic E-state index is 10.5. The molecule has 19 heavy (non-hydrogen) atoms. The monoisotopic (exact) mass is 285 g/mol. The highest BCUT2D eigenvalue weighted by Crippen LogP contribution is 2.32. The fourth-order valence-corrected chi connectivity index (χ4v) is 1.55. The van der Waals surface area contributed by atoms with E-state index in [0.717, 1.165) is 0 Å². The van der Waals surface area contributed by atoms with E-state index in [1.54, 1.807) is 12.1 Å². The van der Waals surface area contributed by atoms with Crippen LogP contribution in [0, 0.1) is 0 Å². The van der Waals surface area contributed by atoms with E-state index in [9.17, 15) is 4.79 Å². The highest BCUT2D eigenvalue weighted by molar-refractivity contribution is 6.33. The highest BCUT2D eigenvalue weighted by Gasteiger charge is 2.09. The standard InChI is InChI=1S/C12H16ClN3O3/c1-3-18-10-5-8(7-15-16-12(14)17)9(13)6-11(10)19-4-2/h5-7H,3-4H2,1-2H3,(H3,14,16,17). The summed E-state index contributed by atoms with van der Waals surface area (Å²) in [6.07, 6.45) is 1.38. The first-order valence-electron chi connectivity index (χ1n) is 5.76. The van der Waals surface area contributed by atoms with Gasteiger partial charge < -0.3 is 15.2 Å². The smallest absolute Gasteiger partial charge is 0.332 e. The topological polar surface area (TPSA) is 85.9 Å². The average Bonchev–Trinajstić information content (AvgIpc) is 2.34. The summed E-state index contributed by atoms with van der Waals surface area (Å²) in [7, 11) is 0. The van der Waals surface area contributed by atoms with E-state index >= 15 is 0 Å². The van der Waals surface area contributed by atoms with Gasteiger partial charge in [0.05, 0.1) is 24.5 Å². The minimum atomic E-state index is -0.747. The van der Waals surface area contributed by atoms with Gasteiger partial charge in [-0.05, 0) is 19.9 Å². The molecule has 0 atom stereocenters. The molecular formula is C12H16ClN3O3. The van der Waals surface area contributed by atoms with Gasteiger partial charge in [0.1, 0.15) is 0 Å². The third kappa shape index (κ3) is 4.67. The van der Waals surface area contributed by atoms with E-state index in [1.807, 2.05) is 13.8 Å². The van der Waals surface area contributed by atoms with Gasteiger partial charge in [-0.3, -0.25) is 0 Å².